The molecule has 2 aromatic rings. The summed E-state index contributed by atoms with van der Waals surface area (Å²) < 4.78 is 0. The molecule has 0 spiro atoms. The second-order valence-corrected chi connectivity index (χ2v) is 5.04. The Hall–Kier alpha value is -2.64. The third kappa shape index (κ3) is 4.44. The molecule has 1 unspecified atom stereocenters. The number of carbonyl (C=O) groups is 1. The number of amides is 1. The minimum atomic E-state index is -0.101. The van der Waals surface area contributed by atoms with Crippen molar-refractivity contribution in [2.45, 2.75) is 19.4 Å². The van der Waals surface area contributed by atoms with Gasteiger partial charge in [0, 0.05) is 19.0 Å². The van der Waals surface area contributed by atoms with Crippen molar-refractivity contribution in [2.24, 2.45) is 0 Å². The molecule has 0 aliphatic carbocycles. The minimum absolute atomic E-state index is 0.101. The van der Waals surface area contributed by atoms with Gasteiger partial charge in [0.2, 0.25) is 5.91 Å². The third-order valence-corrected chi connectivity index (χ3v) is 3.42. The second kappa shape index (κ2) is 7.96. The van der Waals surface area contributed by atoms with Crippen LogP contribution in [0.15, 0.2) is 54.6 Å². The summed E-state index contributed by atoms with van der Waals surface area (Å²) in [6.07, 6.45) is 0.358. The lowest BCUT2D eigenvalue weighted by Crippen LogP contribution is -2.24. The average Bonchev–Trinajstić information content (AvgIpc) is 2.56. The van der Waals surface area contributed by atoms with Gasteiger partial charge in [-0.25, -0.2) is 0 Å². The van der Waals surface area contributed by atoms with Crippen LogP contribution in [0, 0.1) is 11.3 Å². The van der Waals surface area contributed by atoms with E-state index in [0.717, 1.165) is 0 Å². The molecule has 0 saturated heterocycles. The summed E-state index contributed by atoms with van der Waals surface area (Å²) in [5.41, 5.74) is 2.23. The number of rotatable bonds is 6. The Balaban J connectivity index is 1.80. The quantitative estimate of drug-likeness (QED) is 0.859. The summed E-state index contributed by atoms with van der Waals surface area (Å²) in [7, 11) is 0. The molecular formula is C18H19N3O. The van der Waals surface area contributed by atoms with Crippen molar-refractivity contribution < 1.29 is 4.79 Å². The molecule has 2 aromatic carbocycles. The van der Waals surface area contributed by atoms with Crippen LogP contribution < -0.4 is 10.6 Å². The van der Waals surface area contributed by atoms with Gasteiger partial charge in [-0.15, -0.1) is 0 Å². The second-order valence-electron chi connectivity index (χ2n) is 5.04. The lowest BCUT2D eigenvalue weighted by atomic mass is 10.1. The highest BCUT2D eigenvalue weighted by Crippen LogP contribution is 2.14. The molecule has 4 nitrogen and oxygen atoms in total. The number of para-hydroxylation sites is 1. The molecule has 4 heteroatoms. The summed E-state index contributed by atoms with van der Waals surface area (Å²) in [6.45, 7) is 2.65. The van der Waals surface area contributed by atoms with Gasteiger partial charge < -0.3 is 10.6 Å². The molecule has 0 bridgehead atoms. The van der Waals surface area contributed by atoms with Crippen molar-refractivity contribution in [2.75, 3.05) is 11.9 Å². The van der Waals surface area contributed by atoms with E-state index in [1.807, 2.05) is 18.2 Å². The van der Waals surface area contributed by atoms with Crippen LogP contribution in [0.3, 0.4) is 0 Å². The fourth-order valence-electron chi connectivity index (χ4n) is 2.16. The number of nitriles is 1. The molecule has 0 aromatic heterocycles. The van der Waals surface area contributed by atoms with Gasteiger partial charge >= 0.3 is 0 Å². The van der Waals surface area contributed by atoms with Gasteiger partial charge in [0.05, 0.1) is 11.3 Å². The highest BCUT2D eigenvalue weighted by atomic mass is 16.1. The van der Waals surface area contributed by atoms with Crippen molar-refractivity contribution in [3.8, 4) is 6.07 Å². The van der Waals surface area contributed by atoms with Crippen molar-refractivity contribution >= 4 is 11.6 Å². The molecule has 2 N–H and O–H groups in total. The molecule has 0 saturated carbocycles. The van der Waals surface area contributed by atoms with E-state index in [9.17, 15) is 4.79 Å². The predicted molar refractivity (Wildman–Crippen MR) is 87.3 cm³/mol. The van der Waals surface area contributed by atoms with E-state index in [1.54, 1.807) is 24.3 Å². The Bertz CT molecular complexity index is 662. The summed E-state index contributed by atoms with van der Waals surface area (Å²) >= 11 is 0. The lowest BCUT2D eigenvalue weighted by Gasteiger charge is -2.14. The van der Waals surface area contributed by atoms with Gasteiger partial charge in [-0.05, 0) is 24.6 Å². The molecule has 0 aliphatic heterocycles. The van der Waals surface area contributed by atoms with Crippen LogP contribution in [-0.4, -0.2) is 12.5 Å². The van der Waals surface area contributed by atoms with E-state index in [2.05, 4.69) is 35.8 Å². The smallest absolute Gasteiger partial charge is 0.225 e. The molecule has 1 amide bonds. The van der Waals surface area contributed by atoms with E-state index in [4.69, 9.17) is 5.26 Å². The largest absolute Gasteiger partial charge is 0.325 e. The van der Waals surface area contributed by atoms with Gasteiger partial charge in [-0.1, -0.05) is 42.5 Å². The predicted octanol–water partition coefficient (Wildman–Crippen LogP) is 3.24. The van der Waals surface area contributed by atoms with Crippen LogP contribution in [0.5, 0.6) is 0 Å². The zero-order chi connectivity index (χ0) is 15.8. The van der Waals surface area contributed by atoms with Crippen LogP contribution in [-0.2, 0) is 4.79 Å². The van der Waals surface area contributed by atoms with E-state index in [1.165, 1.54) is 5.56 Å². The van der Waals surface area contributed by atoms with Crippen molar-refractivity contribution in [3.63, 3.8) is 0 Å². The van der Waals surface area contributed by atoms with Crippen molar-refractivity contribution in [1.82, 2.24) is 5.32 Å². The Morgan fingerprint density at radius 2 is 1.82 bits per heavy atom. The fourth-order valence-corrected chi connectivity index (χ4v) is 2.16. The van der Waals surface area contributed by atoms with Gasteiger partial charge in [-0.3, -0.25) is 4.79 Å². The maximum absolute atomic E-state index is 11.9. The average molecular weight is 293 g/mol. The number of hydrogen-bond donors (Lipinski definition) is 2. The van der Waals surface area contributed by atoms with Crippen LogP contribution in [0.4, 0.5) is 5.69 Å². The number of benzene rings is 2. The number of carbonyl (C=O) groups excluding carboxylic acids is 1. The van der Waals surface area contributed by atoms with Crippen LogP contribution >= 0.6 is 0 Å². The standard InChI is InChI=1S/C18H19N3O/c1-14(15-7-3-2-4-8-15)20-12-11-18(22)21-17-10-6-5-9-16(17)13-19/h2-10,14,20H,11-12H2,1H3,(H,21,22). The van der Waals surface area contributed by atoms with Crippen molar-refractivity contribution in [1.29, 1.82) is 5.26 Å². The van der Waals surface area contributed by atoms with Gasteiger partial charge in [0.1, 0.15) is 6.07 Å². The molecule has 22 heavy (non-hydrogen) atoms. The van der Waals surface area contributed by atoms with Crippen LogP contribution in [0.25, 0.3) is 0 Å². The first kappa shape index (κ1) is 15.7. The number of hydrogen-bond acceptors (Lipinski definition) is 3. The van der Waals surface area contributed by atoms with E-state index in [0.29, 0.717) is 24.2 Å². The van der Waals surface area contributed by atoms with E-state index >= 15 is 0 Å². The summed E-state index contributed by atoms with van der Waals surface area (Å²) in [6, 6.07) is 19.3. The highest BCUT2D eigenvalue weighted by molar-refractivity contribution is 5.92. The summed E-state index contributed by atoms with van der Waals surface area (Å²) in [4.78, 5) is 11.9. The summed E-state index contributed by atoms with van der Waals surface area (Å²) in [5.74, 6) is -0.101. The number of anilines is 1. The first-order chi connectivity index (χ1) is 10.7. The van der Waals surface area contributed by atoms with Gasteiger partial charge in [0.25, 0.3) is 0 Å². The fraction of sp³-hybridized carbons (Fsp3) is 0.222. The molecule has 0 radical (unpaired) electrons. The van der Waals surface area contributed by atoms with Crippen LogP contribution in [0.2, 0.25) is 0 Å². The van der Waals surface area contributed by atoms with E-state index < -0.39 is 0 Å². The molecular weight excluding hydrogens is 274 g/mol. The normalized spacial score (nSPS) is 11.5. The van der Waals surface area contributed by atoms with Crippen molar-refractivity contribution in [3.05, 3.63) is 65.7 Å². The van der Waals surface area contributed by atoms with Crippen LogP contribution in [0.1, 0.15) is 30.5 Å². The maximum Gasteiger partial charge on any atom is 0.225 e. The monoisotopic (exact) mass is 293 g/mol. The zero-order valence-electron chi connectivity index (χ0n) is 12.5. The minimum Gasteiger partial charge on any atom is -0.325 e. The first-order valence-corrected chi connectivity index (χ1v) is 7.28. The highest BCUT2D eigenvalue weighted by Gasteiger charge is 2.08. The Morgan fingerprint density at radius 1 is 1.14 bits per heavy atom. The first-order valence-electron chi connectivity index (χ1n) is 7.28. The molecule has 2 rings (SSSR count). The van der Waals surface area contributed by atoms with E-state index in [-0.39, 0.29) is 11.9 Å². The Labute approximate surface area is 130 Å². The SMILES string of the molecule is CC(NCCC(=O)Nc1ccccc1C#N)c1ccccc1. The molecule has 0 heterocycles. The Morgan fingerprint density at radius 3 is 2.55 bits per heavy atom. The maximum atomic E-state index is 11.9. The molecule has 0 aliphatic rings. The topological polar surface area (TPSA) is 64.9 Å². The van der Waals surface area contributed by atoms with Gasteiger partial charge in [-0.2, -0.15) is 5.26 Å². The molecule has 112 valence electrons. The number of nitrogens with one attached hydrogen (secondary N) is 2. The lowest BCUT2D eigenvalue weighted by molar-refractivity contribution is -0.116. The summed E-state index contributed by atoms with van der Waals surface area (Å²) in [5, 5.41) is 15.1. The van der Waals surface area contributed by atoms with Gasteiger partial charge in [0.15, 0.2) is 0 Å². The Kier molecular flexibility index (Phi) is 5.70. The zero-order valence-corrected chi connectivity index (χ0v) is 12.5. The molecule has 1 atom stereocenters. The number of nitrogens with zero attached hydrogens (tertiary/aromatic N) is 1. The molecule has 0 fully saturated rings. The third-order valence-electron chi connectivity index (χ3n) is 3.42.